The van der Waals surface area contributed by atoms with Crippen molar-refractivity contribution in [1.29, 1.82) is 0 Å². The average Bonchev–Trinajstić information content (AvgIpc) is 3.14. The Morgan fingerprint density at radius 1 is 1.22 bits per heavy atom. The van der Waals surface area contributed by atoms with Gasteiger partial charge >= 0.3 is 0 Å². The lowest BCUT2D eigenvalue weighted by Gasteiger charge is -2.16. The fourth-order valence-electron chi connectivity index (χ4n) is 2.74. The molecule has 3 rings (SSSR count). The lowest BCUT2D eigenvalue weighted by Crippen LogP contribution is -2.28. The van der Waals surface area contributed by atoms with Crippen LogP contribution < -0.4 is 5.32 Å². The van der Waals surface area contributed by atoms with Gasteiger partial charge in [-0.1, -0.05) is 0 Å². The molecule has 1 saturated carbocycles. The van der Waals surface area contributed by atoms with E-state index >= 15 is 0 Å². The van der Waals surface area contributed by atoms with Gasteiger partial charge < -0.3 is 10.2 Å². The van der Waals surface area contributed by atoms with Crippen LogP contribution in [0, 0.1) is 5.92 Å². The molecule has 0 spiro atoms. The highest BCUT2D eigenvalue weighted by Gasteiger charge is 2.25. The molecule has 1 N–H and O–H groups in total. The smallest absolute Gasteiger partial charge is 0.0270 e. The lowest BCUT2D eigenvalue weighted by atomic mass is 10.1. The van der Waals surface area contributed by atoms with Crippen molar-refractivity contribution >= 4 is 0 Å². The van der Waals surface area contributed by atoms with E-state index in [1.54, 1.807) is 0 Å². The number of nitrogens with zero attached hydrogens (tertiary/aromatic N) is 2. The second kappa shape index (κ2) is 5.81. The summed E-state index contributed by atoms with van der Waals surface area (Å²) in [5, 5.41) is 3.66. The normalized spacial score (nSPS) is 24.6. The van der Waals surface area contributed by atoms with Crippen LogP contribution in [0.25, 0.3) is 0 Å². The summed E-state index contributed by atoms with van der Waals surface area (Å²) in [5.74, 6) is 0.878. The van der Waals surface area contributed by atoms with Crippen molar-refractivity contribution in [3.05, 3.63) is 30.1 Å². The lowest BCUT2D eigenvalue weighted by molar-refractivity contribution is 0.325. The van der Waals surface area contributed by atoms with Crippen molar-refractivity contribution < 1.29 is 0 Å². The maximum absolute atomic E-state index is 4.06. The monoisotopic (exact) mass is 245 g/mol. The highest BCUT2D eigenvalue weighted by Crippen LogP contribution is 2.21. The molecule has 0 amide bonds. The zero-order valence-corrected chi connectivity index (χ0v) is 11.0. The molecule has 2 fully saturated rings. The Kier molecular flexibility index (Phi) is 3.91. The van der Waals surface area contributed by atoms with E-state index in [0.29, 0.717) is 0 Å². The van der Waals surface area contributed by atoms with Gasteiger partial charge in [0.05, 0.1) is 0 Å². The molecule has 1 unspecified atom stereocenters. The van der Waals surface area contributed by atoms with Crippen LogP contribution in [0.5, 0.6) is 0 Å². The summed E-state index contributed by atoms with van der Waals surface area (Å²) in [5.41, 5.74) is 1.41. The fourth-order valence-corrected chi connectivity index (χ4v) is 2.74. The van der Waals surface area contributed by atoms with E-state index in [1.165, 1.54) is 51.0 Å². The van der Waals surface area contributed by atoms with E-state index in [0.717, 1.165) is 18.4 Å². The molecular weight excluding hydrogens is 222 g/mol. The van der Waals surface area contributed by atoms with E-state index in [1.807, 2.05) is 12.4 Å². The van der Waals surface area contributed by atoms with Crippen LogP contribution in [0.3, 0.4) is 0 Å². The first kappa shape index (κ1) is 12.1. The van der Waals surface area contributed by atoms with E-state index in [2.05, 4.69) is 27.3 Å². The molecule has 1 aromatic heterocycles. The van der Waals surface area contributed by atoms with Crippen molar-refractivity contribution in [1.82, 2.24) is 15.2 Å². The molecule has 18 heavy (non-hydrogen) atoms. The molecule has 0 aromatic carbocycles. The maximum Gasteiger partial charge on any atom is 0.0270 e. The van der Waals surface area contributed by atoms with E-state index in [9.17, 15) is 0 Å². The molecule has 0 bridgehead atoms. The van der Waals surface area contributed by atoms with E-state index in [-0.39, 0.29) is 0 Å². The fraction of sp³-hybridized carbons (Fsp3) is 0.667. The first-order chi connectivity index (χ1) is 8.90. The van der Waals surface area contributed by atoms with Crippen LogP contribution in [-0.4, -0.2) is 42.1 Å². The van der Waals surface area contributed by atoms with Gasteiger partial charge in [0.2, 0.25) is 0 Å². The summed E-state index contributed by atoms with van der Waals surface area (Å²) in [7, 11) is 0. The molecule has 98 valence electrons. The number of likely N-dealkylation sites (tertiary alicyclic amines) is 1. The number of hydrogen-bond acceptors (Lipinski definition) is 3. The number of rotatable bonds is 6. The van der Waals surface area contributed by atoms with Gasteiger partial charge in [-0.15, -0.1) is 0 Å². The zero-order chi connectivity index (χ0) is 12.2. The number of nitrogens with one attached hydrogen (secondary N) is 1. The minimum absolute atomic E-state index is 0.857. The van der Waals surface area contributed by atoms with Crippen molar-refractivity contribution in [2.45, 2.75) is 31.7 Å². The maximum atomic E-state index is 4.06. The van der Waals surface area contributed by atoms with Gasteiger partial charge in [-0.2, -0.15) is 0 Å². The highest BCUT2D eigenvalue weighted by molar-refractivity contribution is 5.10. The molecule has 1 aliphatic carbocycles. The summed E-state index contributed by atoms with van der Waals surface area (Å²) in [6.07, 6.45) is 9.11. The number of pyridine rings is 1. The van der Waals surface area contributed by atoms with Crippen LogP contribution in [-0.2, 0) is 6.42 Å². The summed E-state index contributed by atoms with van der Waals surface area (Å²) < 4.78 is 0. The zero-order valence-electron chi connectivity index (χ0n) is 11.0. The van der Waals surface area contributed by atoms with Gasteiger partial charge in [0.1, 0.15) is 0 Å². The molecular formula is C15H23N3. The minimum atomic E-state index is 0.857. The van der Waals surface area contributed by atoms with Gasteiger partial charge in [0, 0.05) is 31.5 Å². The van der Waals surface area contributed by atoms with Gasteiger partial charge in [0.15, 0.2) is 0 Å². The van der Waals surface area contributed by atoms with E-state index < -0.39 is 0 Å². The molecule has 2 heterocycles. The summed E-state index contributed by atoms with van der Waals surface area (Å²) in [6, 6.07) is 5.11. The van der Waals surface area contributed by atoms with Gasteiger partial charge in [-0.3, -0.25) is 4.98 Å². The summed E-state index contributed by atoms with van der Waals surface area (Å²) in [4.78, 5) is 6.67. The summed E-state index contributed by atoms with van der Waals surface area (Å²) >= 11 is 0. The van der Waals surface area contributed by atoms with Crippen molar-refractivity contribution in [2.24, 2.45) is 5.92 Å². The standard InChI is InChI=1S/C15H23N3/c1-2-15(1)17-11-14-6-10-18(12-14)9-5-13-3-7-16-8-4-13/h3-4,7-8,14-15,17H,1-2,5-6,9-12H2. The van der Waals surface area contributed by atoms with Gasteiger partial charge in [-0.25, -0.2) is 0 Å². The van der Waals surface area contributed by atoms with Crippen LogP contribution >= 0.6 is 0 Å². The molecule has 1 aliphatic heterocycles. The van der Waals surface area contributed by atoms with Crippen LogP contribution in [0.1, 0.15) is 24.8 Å². The Bertz CT molecular complexity index is 361. The van der Waals surface area contributed by atoms with Crippen LogP contribution in [0.2, 0.25) is 0 Å². The Labute approximate surface area is 110 Å². The Morgan fingerprint density at radius 2 is 2.06 bits per heavy atom. The van der Waals surface area contributed by atoms with Crippen LogP contribution in [0.15, 0.2) is 24.5 Å². The van der Waals surface area contributed by atoms with Gasteiger partial charge in [0.25, 0.3) is 0 Å². The predicted molar refractivity (Wildman–Crippen MR) is 73.5 cm³/mol. The summed E-state index contributed by atoms with van der Waals surface area (Å²) in [6.45, 7) is 4.99. The third-order valence-corrected chi connectivity index (χ3v) is 4.11. The third kappa shape index (κ3) is 3.53. The topological polar surface area (TPSA) is 28.2 Å². The quantitative estimate of drug-likeness (QED) is 0.827. The van der Waals surface area contributed by atoms with Gasteiger partial charge in [-0.05, 0) is 62.4 Å². The molecule has 3 nitrogen and oxygen atoms in total. The first-order valence-electron chi connectivity index (χ1n) is 7.25. The molecule has 1 aromatic rings. The number of hydrogen-bond donors (Lipinski definition) is 1. The number of aromatic nitrogens is 1. The van der Waals surface area contributed by atoms with Crippen molar-refractivity contribution in [3.63, 3.8) is 0 Å². The molecule has 2 aliphatic rings. The van der Waals surface area contributed by atoms with Crippen molar-refractivity contribution in [2.75, 3.05) is 26.2 Å². The molecule has 3 heteroatoms. The minimum Gasteiger partial charge on any atom is -0.314 e. The molecule has 1 saturated heterocycles. The highest BCUT2D eigenvalue weighted by atomic mass is 15.1. The largest absolute Gasteiger partial charge is 0.314 e. The SMILES string of the molecule is c1cc(CCN2CCC(CNC3CC3)C2)ccn1. The molecule has 1 atom stereocenters. The molecule has 0 radical (unpaired) electrons. The predicted octanol–water partition coefficient (Wildman–Crippen LogP) is 1.70. The first-order valence-corrected chi connectivity index (χ1v) is 7.25. The Hall–Kier alpha value is -0.930. The van der Waals surface area contributed by atoms with E-state index in [4.69, 9.17) is 0 Å². The van der Waals surface area contributed by atoms with Crippen molar-refractivity contribution in [3.8, 4) is 0 Å². The second-order valence-corrected chi connectivity index (χ2v) is 5.74. The average molecular weight is 245 g/mol. The third-order valence-electron chi connectivity index (χ3n) is 4.11. The Balaban J connectivity index is 1.36. The second-order valence-electron chi connectivity index (χ2n) is 5.74. The Morgan fingerprint density at radius 3 is 2.83 bits per heavy atom. The van der Waals surface area contributed by atoms with Crippen LogP contribution in [0.4, 0.5) is 0 Å².